The molecule has 0 saturated carbocycles. The summed E-state index contributed by atoms with van der Waals surface area (Å²) in [5.41, 5.74) is 8.33. The van der Waals surface area contributed by atoms with Crippen LogP contribution in [-0.2, 0) is 11.2 Å². The molecule has 0 spiro atoms. The fourth-order valence-corrected chi connectivity index (χ4v) is 3.32. The van der Waals surface area contributed by atoms with Crippen LogP contribution in [0.15, 0.2) is 39.8 Å². The first-order chi connectivity index (χ1) is 12.0. The first-order valence-corrected chi connectivity index (χ1v) is 9.17. The van der Waals surface area contributed by atoms with E-state index in [1.54, 1.807) is 18.0 Å². The van der Waals surface area contributed by atoms with Crippen LogP contribution in [0.1, 0.15) is 24.7 Å². The summed E-state index contributed by atoms with van der Waals surface area (Å²) in [4.78, 5) is 12.4. The Morgan fingerprint density at radius 1 is 1.40 bits per heavy atom. The number of ether oxygens (including phenoxy) is 1. The topological polar surface area (TPSA) is 89.5 Å². The lowest BCUT2D eigenvalue weighted by Gasteiger charge is -2.18. The van der Waals surface area contributed by atoms with Gasteiger partial charge in [0.2, 0.25) is 0 Å². The number of alkyl carbamates (subject to hydrolysis) is 1. The van der Waals surface area contributed by atoms with E-state index in [9.17, 15) is 4.79 Å². The monoisotopic (exact) mass is 379 g/mol. The number of thiocarbonyl (C=S) groups is 1. The van der Waals surface area contributed by atoms with Crippen molar-refractivity contribution in [3.63, 3.8) is 0 Å². The predicted molar refractivity (Wildman–Crippen MR) is 105 cm³/mol. The number of carbonyl (C=O) groups excluding carboxylic acids is 1. The van der Waals surface area contributed by atoms with Crippen molar-refractivity contribution in [3.8, 4) is 0 Å². The number of rotatable bonds is 6. The zero-order chi connectivity index (χ0) is 18.2. The van der Waals surface area contributed by atoms with E-state index >= 15 is 0 Å². The van der Waals surface area contributed by atoms with E-state index < -0.39 is 6.09 Å². The quantitative estimate of drug-likeness (QED) is 0.397. The molecule has 2 aromatic rings. The zero-order valence-corrected chi connectivity index (χ0v) is 15.8. The number of anilines is 2. The molecule has 1 aromatic heterocycles. The van der Waals surface area contributed by atoms with Gasteiger partial charge in [-0.3, -0.25) is 5.32 Å². The molecule has 6 nitrogen and oxygen atoms in total. The van der Waals surface area contributed by atoms with Crippen LogP contribution < -0.4 is 16.4 Å². The number of amides is 1. The maximum atomic E-state index is 11.3. The van der Waals surface area contributed by atoms with Crippen molar-refractivity contribution in [1.29, 1.82) is 0 Å². The number of nitrogens with two attached hydrogens (primary N) is 1. The minimum Gasteiger partial charge on any atom is -0.469 e. The molecule has 0 fully saturated rings. The standard InChI is InChI=1S/C17H21N3O3S2/c1-3-9-25-14-7-6-13(18)15(19-16(24)20-17(21)22-2)12(14)10-11-5-4-8-23-11/h4-8H,3,9-10,18H2,1-2H3,(H2,19,20,21,24). The van der Waals surface area contributed by atoms with Crippen molar-refractivity contribution in [3.05, 3.63) is 41.9 Å². The summed E-state index contributed by atoms with van der Waals surface area (Å²) in [6.45, 7) is 2.13. The highest BCUT2D eigenvalue weighted by Gasteiger charge is 2.16. The van der Waals surface area contributed by atoms with Crippen LogP contribution in [0, 0.1) is 0 Å². The molecule has 25 heavy (non-hydrogen) atoms. The van der Waals surface area contributed by atoms with Crippen molar-refractivity contribution in [2.24, 2.45) is 0 Å². The molecule has 134 valence electrons. The third-order valence-corrected chi connectivity index (χ3v) is 4.84. The van der Waals surface area contributed by atoms with Crippen molar-refractivity contribution in [2.75, 3.05) is 23.9 Å². The third kappa shape index (κ3) is 5.40. The van der Waals surface area contributed by atoms with Gasteiger partial charge in [-0.05, 0) is 54.2 Å². The largest absolute Gasteiger partial charge is 0.469 e. The second-order valence-corrected chi connectivity index (χ2v) is 6.73. The molecular weight excluding hydrogens is 358 g/mol. The number of furan rings is 1. The van der Waals surface area contributed by atoms with Crippen LogP contribution in [-0.4, -0.2) is 24.1 Å². The Hall–Kier alpha value is -2.19. The van der Waals surface area contributed by atoms with Crippen LogP contribution in [0.5, 0.6) is 0 Å². The minimum atomic E-state index is -0.639. The summed E-state index contributed by atoms with van der Waals surface area (Å²) in [5.74, 6) is 1.80. The van der Waals surface area contributed by atoms with Crippen molar-refractivity contribution in [2.45, 2.75) is 24.7 Å². The van der Waals surface area contributed by atoms with Gasteiger partial charge in [-0.15, -0.1) is 11.8 Å². The molecule has 1 aromatic carbocycles. The maximum Gasteiger partial charge on any atom is 0.413 e. The van der Waals surface area contributed by atoms with E-state index in [0.29, 0.717) is 17.8 Å². The summed E-state index contributed by atoms with van der Waals surface area (Å²) in [6, 6.07) is 7.58. The lowest BCUT2D eigenvalue weighted by Crippen LogP contribution is -2.34. The van der Waals surface area contributed by atoms with E-state index in [1.807, 2.05) is 24.3 Å². The molecule has 0 aliphatic rings. The van der Waals surface area contributed by atoms with Gasteiger partial charge in [0.05, 0.1) is 24.7 Å². The molecule has 8 heteroatoms. The van der Waals surface area contributed by atoms with Crippen LogP contribution in [0.2, 0.25) is 0 Å². The van der Waals surface area contributed by atoms with Crippen LogP contribution in [0.4, 0.5) is 16.2 Å². The number of carbonyl (C=O) groups is 1. The second-order valence-electron chi connectivity index (χ2n) is 5.18. The van der Waals surface area contributed by atoms with Gasteiger partial charge in [0, 0.05) is 11.3 Å². The molecular formula is C17H21N3O3S2. The fraction of sp³-hybridized carbons (Fsp3) is 0.294. The summed E-state index contributed by atoms with van der Waals surface area (Å²) in [5, 5.41) is 5.56. The summed E-state index contributed by atoms with van der Waals surface area (Å²) >= 11 is 6.91. The van der Waals surface area contributed by atoms with Gasteiger partial charge >= 0.3 is 6.09 Å². The number of nitrogens with one attached hydrogen (secondary N) is 2. The molecule has 2 rings (SSSR count). The van der Waals surface area contributed by atoms with E-state index in [2.05, 4.69) is 22.3 Å². The van der Waals surface area contributed by atoms with Crippen LogP contribution in [0.3, 0.4) is 0 Å². The van der Waals surface area contributed by atoms with Gasteiger partial charge < -0.3 is 20.2 Å². The Labute approximate surface area is 156 Å². The Kier molecular flexibility index (Phi) is 7.15. The lowest BCUT2D eigenvalue weighted by molar-refractivity contribution is 0.177. The van der Waals surface area contributed by atoms with Gasteiger partial charge in [-0.25, -0.2) is 4.79 Å². The Morgan fingerprint density at radius 2 is 2.20 bits per heavy atom. The summed E-state index contributed by atoms with van der Waals surface area (Å²) < 4.78 is 10.0. The molecule has 4 N–H and O–H groups in total. The van der Waals surface area contributed by atoms with Crippen LogP contribution >= 0.6 is 24.0 Å². The van der Waals surface area contributed by atoms with Gasteiger partial charge in [-0.2, -0.15) is 0 Å². The smallest absolute Gasteiger partial charge is 0.413 e. The SMILES string of the molecule is CCCSc1ccc(N)c(NC(=S)NC(=O)OC)c1Cc1ccco1. The average Bonchev–Trinajstić information content (AvgIpc) is 3.10. The number of methoxy groups -OCH3 is 1. The number of hydrogen-bond acceptors (Lipinski definition) is 6. The maximum absolute atomic E-state index is 11.3. The summed E-state index contributed by atoms with van der Waals surface area (Å²) in [7, 11) is 1.27. The van der Waals surface area contributed by atoms with Gasteiger partial charge in [-0.1, -0.05) is 6.92 Å². The first-order valence-electron chi connectivity index (χ1n) is 7.77. The highest BCUT2D eigenvalue weighted by molar-refractivity contribution is 7.99. The normalized spacial score (nSPS) is 10.3. The number of nitrogen functional groups attached to an aromatic ring is 1. The Morgan fingerprint density at radius 3 is 2.84 bits per heavy atom. The third-order valence-electron chi connectivity index (χ3n) is 3.33. The molecule has 0 unspecified atom stereocenters. The molecule has 0 radical (unpaired) electrons. The highest BCUT2D eigenvalue weighted by Crippen LogP contribution is 2.35. The molecule has 0 aliphatic heterocycles. The predicted octanol–water partition coefficient (Wildman–Crippen LogP) is 4.01. The molecule has 0 saturated heterocycles. The Balaban J connectivity index is 2.34. The number of thioether (sulfide) groups is 1. The fourth-order valence-electron chi connectivity index (χ4n) is 2.19. The zero-order valence-electron chi connectivity index (χ0n) is 14.1. The molecule has 0 bridgehead atoms. The van der Waals surface area contributed by atoms with Crippen molar-refractivity contribution < 1.29 is 13.9 Å². The van der Waals surface area contributed by atoms with E-state index in [1.165, 1.54) is 7.11 Å². The Bertz CT molecular complexity index is 733. The van der Waals surface area contributed by atoms with Crippen LogP contribution in [0.25, 0.3) is 0 Å². The van der Waals surface area contributed by atoms with Crippen molar-refractivity contribution >= 4 is 46.6 Å². The van der Waals surface area contributed by atoms with Crippen molar-refractivity contribution in [1.82, 2.24) is 5.32 Å². The molecule has 1 amide bonds. The first kappa shape index (κ1) is 19.1. The van der Waals surface area contributed by atoms with Gasteiger partial charge in [0.25, 0.3) is 0 Å². The summed E-state index contributed by atoms with van der Waals surface area (Å²) in [6.07, 6.45) is 2.62. The van der Waals surface area contributed by atoms with E-state index in [4.69, 9.17) is 22.4 Å². The second kappa shape index (κ2) is 9.33. The van der Waals surface area contributed by atoms with E-state index in [-0.39, 0.29) is 5.11 Å². The molecule has 0 atom stereocenters. The number of benzene rings is 1. The lowest BCUT2D eigenvalue weighted by atomic mass is 10.1. The minimum absolute atomic E-state index is 0.122. The van der Waals surface area contributed by atoms with Gasteiger partial charge in [0.15, 0.2) is 5.11 Å². The van der Waals surface area contributed by atoms with Gasteiger partial charge in [0.1, 0.15) is 5.76 Å². The molecule has 0 aliphatic carbocycles. The average molecular weight is 380 g/mol. The highest BCUT2D eigenvalue weighted by atomic mass is 32.2. The van der Waals surface area contributed by atoms with E-state index in [0.717, 1.165) is 28.4 Å². The molecule has 1 heterocycles. The number of hydrogen-bond donors (Lipinski definition) is 3.